The lowest BCUT2D eigenvalue weighted by atomic mass is 10.1. The molecule has 2 heterocycles. The monoisotopic (exact) mass is 492 g/mol. The van der Waals surface area contributed by atoms with Gasteiger partial charge in [0, 0.05) is 23.7 Å². The van der Waals surface area contributed by atoms with Crippen LogP contribution in [0.4, 0.5) is 0 Å². The number of ether oxygens (including phenoxy) is 1. The second-order valence-electron chi connectivity index (χ2n) is 9.68. The molecule has 2 atom stereocenters. The maximum Gasteiger partial charge on any atom is 0.267 e. The molecule has 1 fully saturated rings. The molecule has 2 aromatic carbocycles. The lowest BCUT2D eigenvalue weighted by Crippen LogP contribution is -2.22. The predicted octanol–water partition coefficient (Wildman–Crippen LogP) is 3.86. The van der Waals surface area contributed by atoms with Crippen molar-refractivity contribution >= 4 is 0 Å². The van der Waals surface area contributed by atoms with Crippen LogP contribution in [0.2, 0.25) is 0 Å². The van der Waals surface area contributed by atoms with Crippen molar-refractivity contribution in [3.63, 3.8) is 0 Å². The van der Waals surface area contributed by atoms with Gasteiger partial charge in [-0.05, 0) is 62.2 Å². The van der Waals surface area contributed by atoms with Crippen molar-refractivity contribution in [3.8, 4) is 34.5 Å². The highest BCUT2D eigenvalue weighted by Gasteiger charge is 2.37. The highest BCUT2D eigenvalue weighted by Crippen LogP contribution is 2.39. The zero-order chi connectivity index (χ0) is 25.8. The number of rotatable bonds is 9. The van der Waals surface area contributed by atoms with E-state index >= 15 is 0 Å². The van der Waals surface area contributed by atoms with Gasteiger partial charge in [0.1, 0.15) is 0 Å². The Morgan fingerprint density at radius 3 is 2.59 bits per heavy atom. The molecule has 1 saturated carbocycles. The van der Waals surface area contributed by atoms with Gasteiger partial charge in [-0.3, -0.25) is 4.79 Å². The minimum atomic E-state index is -0.202. The first-order valence-electron chi connectivity index (χ1n) is 12.3. The van der Waals surface area contributed by atoms with E-state index < -0.39 is 0 Å². The van der Waals surface area contributed by atoms with Crippen LogP contribution >= 0.6 is 0 Å². The molecular formula is C29H28N6O2. The van der Waals surface area contributed by atoms with Crippen LogP contribution < -0.4 is 10.3 Å². The number of aromatic nitrogens is 4. The molecule has 0 amide bonds. The molecule has 4 aromatic rings. The van der Waals surface area contributed by atoms with Crippen LogP contribution in [0.1, 0.15) is 17.5 Å². The van der Waals surface area contributed by atoms with E-state index in [4.69, 9.17) is 4.74 Å². The summed E-state index contributed by atoms with van der Waals surface area (Å²) < 4.78 is 7.33. The fourth-order valence-electron chi connectivity index (χ4n) is 4.40. The summed E-state index contributed by atoms with van der Waals surface area (Å²) in [4.78, 5) is 23.7. The quantitative estimate of drug-likeness (QED) is 0.350. The second kappa shape index (κ2) is 10.7. The van der Waals surface area contributed by atoms with E-state index in [1.165, 1.54) is 17.2 Å². The Balaban J connectivity index is 1.27. The van der Waals surface area contributed by atoms with E-state index in [-0.39, 0.29) is 5.56 Å². The summed E-state index contributed by atoms with van der Waals surface area (Å²) in [7, 11) is 4.20. The average molecular weight is 493 g/mol. The molecule has 0 N–H and O–H groups in total. The normalized spacial score (nSPS) is 16.4. The first-order chi connectivity index (χ1) is 18.0. The van der Waals surface area contributed by atoms with Gasteiger partial charge >= 0.3 is 0 Å². The summed E-state index contributed by atoms with van der Waals surface area (Å²) in [6.45, 7) is 2.09. The van der Waals surface area contributed by atoms with Crippen LogP contribution in [0.5, 0.6) is 5.75 Å². The van der Waals surface area contributed by atoms with Crippen LogP contribution in [-0.4, -0.2) is 51.9 Å². The largest absolute Gasteiger partial charge is 0.490 e. The van der Waals surface area contributed by atoms with Crippen molar-refractivity contribution < 1.29 is 4.74 Å². The van der Waals surface area contributed by atoms with Crippen molar-refractivity contribution in [2.24, 2.45) is 11.8 Å². The van der Waals surface area contributed by atoms with Crippen molar-refractivity contribution in [1.82, 2.24) is 24.6 Å². The van der Waals surface area contributed by atoms with E-state index in [0.29, 0.717) is 47.8 Å². The molecule has 1 unspecified atom stereocenters. The third kappa shape index (κ3) is 6.08. The smallest absolute Gasteiger partial charge is 0.267 e. The Hall–Kier alpha value is -4.35. The predicted molar refractivity (Wildman–Crippen MR) is 141 cm³/mol. The van der Waals surface area contributed by atoms with Gasteiger partial charge in [0.2, 0.25) is 0 Å². The maximum absolute atomic E-state index is 12.5. The number of benzene rings is 2. The van der Waals surface area contributed by atoms with Gasteiger partial charge in [-0.2, -0.15) is 10.4 Å². The molecule has 1 aliphatic rings. The van der Waals surface area contributed by atoms with Crippen molar-refractivity contribution in [2.75, 3.05) is 27.2 Å². The third-order valence-corrected chi connectivity index (χ3v) is 6.43. The molecule has 8 nitrogen and oxygen atoms in total. The Morgan fingerprint density at radius 1 is 1.03 bits per heavy atom. The first-order valence-corrected chi connectivity index (χ1v) is 12.3. The van der Waals surface area contributed by atoms with Crippen LogP contribution in [-0.2, 0) is 6.54 Å². The summed E-state index contributed by atoms with van der Waals surface area (Å²) in [5.41, 5.74) is 3.51. The van der Waals surface area contributed by atoms with Gasteiger partial charge < -0.3 is 9.64 Å². The Morgan fingerprint density at radius 2 is 1.81 bits per heavy atom. The number of hydrogen-bond acceptors (Lipinski definition) is 7. The lowest BCUT2D eigenvalue weighted by Gasteiger charge is -2.10. The zero-order valence-corrected chi connectivity index (χ0v) is 20.9. The molecule has 0 radical (unpaired) electrons. The number of nitriles is 1. The third-order valence-electron chi connectivity index (χ3n) is 6.43. The van der Waals surface area contributed by atoms with Crippen LogP contribution in [0.25, 0.3) is 22.6 Å². The van der Waals surface area contributed by atoms with Gasteiger partial charge in [0.25, 0.3) is 5.56 Å². The summed E-state index contributed by atoms with van der Waals surface area (Å²) in [6.07, 6.45) is 4.63. The van der Waals surface area contributed by atoms with Gasteiger partial charge in [0.15, 0.2) is 11.6 Å². The molecule has 186 valence electrons. The standard InChI is InChI=1S/C29H28N6O2/c1-34(2)18-24-13-25(24)19-37-26-15-31-29(32-16-26)23-8-4-6-21(12-23)17-35-28(36)10-9-27(33-35)22-7-3-5-20(11-22)14-30/h3-12,15-16,24-25H,13,17-19H2,1-2H3/t24-,25?/m1/s1. The highest BCUT2D eigenvalue weighted by molar-refractivity contribution is 5.60. The van der Waals surface area contributed by atoms with Crippen molar-refractivity contribution in [1.29, 1.82) is 5.26 Å². The Bertz CT molecular complexity index is 1490. The molecule has 0 saturated heterocycles. The fraction of sp³-hybridized carbons (Fsp3) is 0.276. The maximum atomic E-state index is 12.5. The molecule has 1 aliphatic carbocycles. The highest BCUT2D eigenvalue weighted by atomic mass is 16.5. The van der Waals surface area contributed by atoms with E-state index in [9.17, 15) is 10.1 Å². The molecular weight excluding hydrogens is 464 g/mol. The molecule has 5 rings (SSSR count). The molecule has 2 aromatic heterocycles. The molecule has 8 heteroatoms. The van der Waals surface area contributed by atoms with Crippen LogP contribution in [0.15, 0.2) is 77.9 Å². The minimum Gasteiger partial charge on any atom is -0.490 e. The summed E-state index contributed by atoms with van der Waals surface area (Å²) >= 11 is 0. The summed E-state index contributed by atoms with van der Waals surface area (Å²) in [5, 5.41) is 13.7. The van der Waals surface area contributed by atoms with Gasteiger partial charge in [-0.25, -0.2) is 14.6 Å². The average Bonchev–Trinajstić information content (AvgIpc) is 3.66. The number of hydrogen-bond donors (Lipinski definition) is 0. The van der Waals surface area contributed by atoms with Crippen LogP contribution in [0, 0.1) is 23.2 Å². The van der Waals surface area contributed by atoms with Gasteiger partial charge in [-0.1, -0.05) is 30.3 Å². The fourth-order valence-corrected chi connectivity index (χ4v) is 4.40. The molecule has 0 bridgehead atoms. The number of nitrogens with zero attached hydrogens (tertiary/aromatic N) is 6. The minimum absolute atomic E-state index is 0.202. The van der Waals surface area contributed by atoms with E-state index in [1.807, 2.05) is 30.3 Å². The van der Waals surface area contributed by atoms with E-state index in [2.05, 4.69) is 40.1 Å². The molecule has 0 spiro atoms. The van der Waals surface area contributed by atoms with Gasteiger partial charge in [0.05, 0.1) is 42.9 Å². The Labute approximate surface area is 215 Å². The van der Waals surface area contributed by atoms with E-state index in [1.54, 1.807) is 36.7 Å². The zero-order valence-electron chi connectivity index (χ0n) is 20.9. The summed E-state index contributed by atoms with van der Waals surface area (Å²) in [5.74, 6) is 2.57. The van der Waals surface area contributed by atoms with E-state index in [0.717, 1.165) is 23.2 Å². The topological polar surface area (TPSA) is 96.9 Å². The van der Waals surface area contributed by atoms with Crippen molar-refractivity contribution in [2.45, 2.75) is 13.0 Å². The van der Waals surface area contributed by atoms with Crippen LogP contribution in [0.3, 0.4) is 0 Å². The van der Waals surface area contributed by atoms with Gasteiger partial charge in [-0.15, -0.1) is 0 Å². The molecule has 37 heavy (non-hydrogen) atoms. The second-order valence-corrected chi connectivity index (χ2v) is 9.68. The summed E-state index contributed by atoms with van der Waals surface area (Å²) in [6, 6.07) is 20.2. The first kappa shape index (κ1) is 24.3. The Kier molecular flexibility index (Phi) is 7.06. The molecule has 0 aliphatic heterocycles. The van der Waals surface area contributed by atoms with Crippen molar-refractivity contribution in [3.05, 3.63) is 94.5 Å². The lowest BCUT2D eigenvalue weighted by molar-refractivity contribution is 0.279. The SMILES string of the molecule is CN(C)C[C@H]1CC1COc1cnc(-c2cccc(Cn3nc(-c4cccc(C#N)c4)ccc3=O)c2)nc1.